The molecule has 0 saturated carbocycles. The van der Waals surface area contributed by atoms with Crippen molar-refractivity contribution in [2.24, 2.45) is 0 Å². The summed E-state index contributed by atoms with van der Waals surface area (Å²) in [6.07, 6.45) is 4.08. The highest BCUT2D eigenvalue weighted by atomic mass is 19.1. The van der Waals surface area contributed by atoms with Crippen molar-refractivity contribution in [3.8, 4) is 0 Å². The van der Waals surface area contributed by atoms with Crippen molar-refractivity contribution in [3.63, 3.8) is 0 Å². The first kappa shape index (κ1) is 25.8. The number of aryl methyl sites for hydroxylation is 1. The average molecular weight is 521 g/mol. The summed E-state index contributed by atoms with van der Waals surface area (Å²) in [6, 6.07) is 16.5. The number of likely N-dealkylation sites (tertiary alicyclic amines) is 1. The van der Waals surface area contributed by atoms with E-state index in [4.69, 9.17) is 4.74 Å². The lowest BCUT2D eigenvalue weighted by Gasteiger charge is -2.38. The number of hydrogen-bond acceptors (Lipinski definition) is 7. The van der Waals surface area contributed by atoms with Crippen LogP contribution in [-0.2, 0) is 16.0 Å². The highest BCUT2D eigenvalue weighted by Crippen LogP contribution is 2.29. The van der Waals surface area contributed by atoms with Gasteiger partial charge in [0.1, 0.15) is 5.82 Å². The van der Waals surface area contributed by atoms with Crippen LogP contribution >= 0.6 is 0 Å². The van der Waals surface area contributed by atoms with Crippen molar-refractivity contribution in [1.82, 2.24) is 24.8 Å². The second kappa shape index (κ2) is 11.7. The van der Waals surface area contributed by atoms with Crippen molar-refractivity contribution < 1.29 is 18.7 Å². The zero-order valence-corrected chi connectivity index (χ0v) is 21.6. The Balaban J connectivity index is 1.25. The third-order valence-corrected chi connectivity index (χ3v) is 7.48. The number of methoxy groups -OCH3 is 1. The number of piperazine rings is 1. The van der Waals surface area contributed by atoms with Gasteiger partial charge in [0.05, 0.1) is 25.4 Å². The fourth-order valence-corrected chi connectivity index (χ4v) is 5.41. The van der Waals surface area contributed by atoms with Gasteiger partial charge in [0.2, 0.25) is 5.91 Å². The third kappa shape index (κ3) is 5.85. The van der Waals surface area contributed by atoms with E-state index in [1.807, 2.05) is 23.1 Å². The molecule has 2 saturated heterocycles. The SMILES string of the molecule is COC(=O)c1cn([C@H]2C[C@@H](C(=O)N3CCN(c4ccc(F)cc4)CC3)N(CCCc3ccccc3)C2)nn1. The Morgan fingerprint density at radius 3 is 2.47 bits per heavy atom. The highest BCUT2D eigenvalue weighted by molar-refractivity contribution is 5.86. The number of nitrogens with zero attached hydrogens (tertiary/aromatic N) is 6. The van der Waals surface area contributed by atoms with E-state index in [1.54, 1.807) is 23.0 Å². The summed E-state index contributed by atoms with van der Waals surface area (Å²) in [4.78, 5) is 32.0. The number of aromatic nitrogens is 3. The predicted molar refractivity (Wildman–Crippen MR) is 140 cm³/mol. The van der Waals surface area contributed by atoms with E-state index >= 15 is 0 Å². The summed E-state index contributed by atoms with van der Waals surface area (Å²) in [7, 11) is 1.32. The number of ether oxygens (including phenoxy) is 1. The molecule has 2 aliphatic heterocycles. The first-order valence-electron chi connectivity index (χ1n) is 13.1. The standard InChI is InChI=1S/C28H33FN6O3/c1-38-28(37)25-20-35(31-30-25)24-18-26(34(19-24)13-5-8-21-6-3-2-4-7-21)27(36)33-16-14-32(15-17-33)23-11-9-22(29)10-12-23/h2-4,6-7,9-12,20,24,26H,5,8,13-19H2,1H3/t24-,26-/m0/s1. The van der Waals surface area contributed by atoms with E-state index in [1.165, 1.54) is 24.8 Å². The molecular weight excluding hydrogens is 487 g/mol. The zero-order valence-electron chi connectivity index (χ0n) is 21.6. The van der Waals surface area contributed by atoms with Crippen LogP contribution in [0, 0.1) is 5.82 Å². The molecule has 2 atom stereocenters. The Hall–Kier alpha value is -3.79. The van der Waals surface area contributed by atoms with Crippen LogP contribution in [0.2, 0.25) is 0 Å². The largest absolute Gasteiger partial charge is 0.464 e. The number of hydrogen-bond donors (Lipinski definition) is 0. The molecule has 3 heterocycles. The van der Waals surface area contributed by atoms with Crippen LogP contribution in [0.1, 0.15) is 34.9 Å². The van der Waals surface area contributed by atoms with Gasteiger partial charge in [0.15, 0.2) is 5.69 Å². The van der Waals surface area contributed by atoms with E-state index in [9.17, 15) is 14.0 Å². The molecular formula is C28H33FN6O3. The van der Waals surface area contributed by atoms with Gasteiger partial charge in [-0.25, -0.2) is 13.9 Å². The molecule has 1 aromatic heterocycles. The number of carbonyl (C=O) groups is 2. The lowest BCUT2D eigenvalue weighted by Crippen LogP contribution is -2.53. The molecule has 0 N–H and O–H groups in total. The second-order valence-electron chi connectivity index (χ2n) is 9.85. The number of carbonyl (C=O) groups excluding carboxylic acids is 2. The van der Waals surface area contributed by atoms with Gasteiger partial charge in [-0.15, -0.1) is 5.10 Å². The van der Waals surface area contributed by atoms with Crippen LogP contribution in [-0.4, -0.2) is 89.1 Å². The topological polar surface area (TPSA) is 83.8 Å². The monoisotopic (exact) mass is 520 g/mol. The molecule has 0 unspecified atom stereocenters. The molecule has 0 radical (unpaired) electrons. The minimum absolute atomic E-state index is 0.0629. The minimum atomic E-state index is -0.527. The van der Waals surface area contributed by atoms with Crippen LogP contribution in [0.5, 0.6) is 0 Å². The number of esters is 1. The Bertz CT molecular complexity index is 1230. The van der Waals surface area contributed by atoms with E-state index in [0.29, 0.717) is 39.1 Å². The number of rotatable bonds is 8. The van der Waals surface area contributed by atoms with Crippen LogP contribution in [0.3, 0.4) is 0 Å². The summed E-state index contributed by atoms with van der Waals surface area (Å²) in [5.74, 6) is -0.656. The minimum Gasteiger partial charge on any atom is -0.464 e. The fraction of sp³-hybridized carbons (Fsp3) is 0.429. The molecule has 2 aliphatic rings. The third-order valence-electron chi connectivity index (χ3n) is 7.48. The van der Waals surface area contributed by atoms with Crippen molar-refractivity contribution >= 4 is 17.6 Å². The molecule has 0 aliphatic carbocycles. The van der Waals surface area contributed by atoms with Gasteiger partial charge in [-0.3, -0.25) is 9.69 Å². The predicted octanol–water partition coefficient (Wildman–Crippen LogP) is 2.80. The summed E-state index contributed by atoms with van der Waals surface area (Å²) < 4.78 is 19.8. The van der Waals surface area contributed by atoms with Gasteiger partial charge < -0.3 is 14.5 Å². The van der Waals surface area contributed by atoms with Gasteiger partial charge in [-0.1, -0.05) is 35.5 Å². The maximum absolute atomic E-state index is 13.8. The molecule has 0 spiro atoms. The Labute approximate surface area is 221 Å². The maximum atomic E-state index is 13.8. The van der Waals surface area contributed by atoms with E-state index < -0.39 is 5.97 Å². The van der Waals surface area contributed by atoms with Crippen LogP contribution < -0.4 is 4.90 Å². The normalized spacial score (nSPS) is 20.1. The Morgan fingerprint density at radius 2 is 1.76 bits per heavy atom. The lowest BCUT2D eigenvalue weighted by molar-refractivity contribution is -0.136. The van der Waals surface area contributed by atoms with Gasteiger partial charge in [-0.2, -0.15) is 0 Å². The van der Waals surface area contributed by atoms with Crippen LogP contribution in [0.25, 0.3) is 0 Å². The van der Waals surface area contributed by atoms with Gasteiger partial charge in [0, 0.05) is 38.4 Å². The summed E-state index contributed by atoms with van der Waals surface area (Å²) in [5, 5.41) is 8.12. The summed E-state index contributed by atoms with van der Waals surface area (Å²) in [6.45, 7) is 4.08. The number of benzene rings is 2. The van der Waals surface area contributed by atoms with E-state index in [-0.39, 0.29) is 29.5 Å². The molecule has 10 heteroatoms. The molecule has 2 fully saturated rings. The first-order chi connectivity index (χ1) is 18.5. The fourth-order valence-electron chi connectivity index (χ4n) is 5.41. The summed E-state index contributed by atoms with van der Waals surface area (Å²) in [5.41, 5.74) is 2.41. The molecule has 9 nitrogen and oxygen atoms in total. The molecule has 38 heavy (non-hydrogen) atoms. The summed E-state index contributed by atoms with van der Waals surface area (Å²) >= 11 is 0. The van der Waals surface area contributed by atoms with E-state index in [0.717, 1.165) is 25.1 Å². The van der Waals surface area contributed by atoms with Crippen molar-refractivity contribution in [2.75, 3.05) is 51.3 Å². The maximum Gasteiger partial charge on any atom is 0.360 e. The Kier molecular flexibility index (Phi) is 7.97. The van der Waals surface area contributed by atoms with Crippen molar-refractivity contribution in [3.05, 3.63) is 77.9 Å². The van der Waals surface area contributed by atoms with Gasteiger partial charge >= 0.3 is 5.97 Å². The lowest BCUT2D eigenvalue weighted by atomic mass is 10.1. The molecule has 3 aromatic rings. The Morgan fingerprint density at radius 1 is 1.03 bits per heavy atom. The molecule has 0 bridgehead atoms. The van der Waals surface area contributed by atoms with E-state index in [2.05, 4.69) is 32.2 Å². The number of halogens is 1. The number of amides is 1. The molecule has 5 rings (SSSR count). The van der Waals surface area contributed by atoms with Gasteiger partial charge in [0.25, 0.3) is 0 Å². The average Bonchev–Trinajstić information content (AvgIpc) is 3.61. The number of anilines is 1. The smallest absolute Gasteiger partial charge is 0.360 e. The second-order valence-corrected chi connectivity index (χ2v) is 9.85. The first-order valence-corrected chi connectivity index (χ1v) is 13.1. The molecule has 200 valence electrons. The van der Waals surface area contributed by atoms with Crippen LogP contribution in [0.15, 0.2) is 60.8 Å². The highest BCUT2D eigenvalue weighted by Gasteiger charge is 2.40. The zero-order chi connectivity index (χ0) is 26.5. The van der Waals surface area contributed by atoms with Crippen molar-refractivity contribution in [2.45, 2.75) is 31.3 Å². The van der Waals surface area contributed by atoms with Crippen molar-refractivity contribution in [1.29, 1.82) is 0 Å². The quantitative estimate of drug-likeness (QED) is 0.423. The van der Waals surface area contributed by atoms with Crippen LogP contribution in [0.4, 0.5) is 10.1 Å². The molecule has 1 amide bonds. The molecule has 2 aromatic carbocycles. The van der Waals surface area contributed by atoms with Gasteiger partial charge in [-0.05, 0) is 55.6 Å².